The molecule has 2 rings (SSSR count). The quantitative estimate of drug-likeness (QED) is 0.741. The number of hydrogen-bond donors (Lipinski definition) is 1. The van der Waals surface area contributed by atoms with Crippen molar-refractivity contribution in [3.63, 3.8) is 0 Å². The minimum absolute atomic E-state index is 0.111. The molecule has 0 atom stereocenters. The number of carbonyl (C=O) groups excluding carboxylic acids is 3. The number of nitrogens with one attached hydrogen (secondary N) is 1. The lowest BCUT2D eigenvalue weighted by Crippen LogP contribution is -2.38. The maximum absolute atomic E-state index is 12.0. The van der Waals surface area contributed by atoms with Crippen LogP contribution in [0.5, 0.6) is 0 Å². The van der Waals surface area contributed by atoms with Gasteiger partial charge in [-0.05, 0) is 31.0 Å². The van der Waals surface area contributed by atoms with Crippen molar-refractivity contribution in [3.8, 4) is 0 Å². The molecule has 6 nitrogen and oxygen atoms in total. The van der Waals surface area contributed by atoms with Crippen molar-refractivity contribution in [1.82, 2.24) is 4.90 Å². The Hall–Kier alpha value is -1.79. The number of rotatable bonds is 6. The third kappa shape index (κ3) is 6.18. The maximum atomic E-state index is 12.0. The van der Waals surface area contributed by atoms with Crippen molar-refractivity contribution >= 4 is 46.7 Å². The molecule has 0 heterocycles. The summed E-state index contributed by atoms with van der Waals surface area (Å²) in [6.45, 7) is -0.522. The molecular weight excluding hydrogens is 379 g/mol. The first-order chi connectivity index (χ1) is 12.4. The van der Waals surface area contributed by atoms with Gasteiger partial charge in [0.15, 0.2) is 6.61 Å². The summed E-state index contributed by atoms with van der Waals surface area (Å²) in [6, 6.07) is 4.70. The first kappa shape index (κ1) is 20.5. The summed E-state index contributed by atoms with van der Waals surface area (Å²) in [5.41, 5.74) is 0.481. The molecule has 1 saturated carbocycles. The number of amides is 2. The minimum Gasteiger partial charge on any atom is -0.455 e. The van der Waals surface area contributed by atoms with Crippen LogP contribution >= 0.6 is 23.2 Å². The van der Waals surface area contributed by atoms with Crippen molar-refractivity contribution in [2.75, 3.05) is 25.5 Å². The van der Waals surface area contributed by atoms with Crippen LogP contribution in [0.15, 0.2) is 18.2 Å². The predicted molar refractivity (Wildman–Crippen MR) is 100 cm³/mol. The zero-order chi connectivity index (χ0) is 19.1. The van der Waals surface area contributed by atoms with E-state index >= 15 is 0 Å². The van der Waals surface area contributed by atoms with Crippen molar-refractivity contribution < 1.29 is 19.1 Å². The van der Waals surface area contributed by atoms with Gasteiger partial charge in [-0.3, -0.25) is 14.4 Å². The number of hydrogen-bond acceptors (Lipinski definition) is 4. The van der Waals surface area contributed by atoms with E-state index in [4.69, 9.17) is 27.9 Å². The Morgan fingerprint density at radius 2 is 1.85 bits per heavy atom. The van der Waals surface area contributed by atoms with Gasteiger partial charge in [-0.25, -0.2) is 0 Å². The average Bonchev–Trinajstić information content (AvgIpc) is 2.63. The van der Waals surface area contributed by atoms with Crippen molar-refractivity contribution in [3.05, 3.63) is 28.2 Å². The van der Waals surface area contributed by atoms with Crippen LogP contribution < -0.4 is 5.32 Å². The van der Waals surface area contributed by atoms with Crippen molar-refractivity contribution in [2.45, 2.75) is 32.1 Å². The minimum atomic E-state index is -0.432. The van der Waals surface area contributed by atoms with Gasteiger partial charge < -0.3 is 15.0 Å². The summed E-state index contributed by atoms with van der Waals surface area (Å²) < 4.78 is 5.10. The normalized spacial score (nSPS) is 14.6. The first-order valence-corrected chi connectivity index (χ1v) is 9.28. The number of carbonyl (C=O) groups is 3. The average molecular weight is 401 g/mol. The third-order valence-electron chi connectivity index (χ3n) is 4.29. The lowest BCUT2D eigenvalue weighted by Gasteiger charge is -2.21. The highest BCUT2D eigenvalue weighted by atomic mass is 35.5. The van der Waals surface area contributed by atoms with E-state index in [2.05, 4.69) is 5.32 Å². The van der Waals surface area contributed by atoms with Crippen molar-refractivity contribution in [1.29, 1.82) is 0 Å². The molecule has 1 aromatic carbocycles. The van der Waals surface area contributed by atoms with Gasteiger partial charge in [-0.2, -0.15) is 0 Å². The van der Waals surface area contributed by atoms with Crippen LogP contribution in [-0.4, -0.2) is 42.9 Å². The molecule has 1 N–H and O–H groups in total. The fourth-order valence-corrected chi connectivity index (χ4v) is 3.08. The summed E-state index contributed by atoms with van der Waals surface area (Å²) in [4.78, 5) is 37.2. The number of esters is 1. The Kier molecular flexibility index (Phi) is 7.72. The Balaban J connectivity index is 1.75. The molecule has 1 aliphatic carbocycles. The van der Waals surface area contributed by atoms with E-state index < -0.39 is 11.8 Å². The van der Waals surface area contributed by atoms with Crippen molar-refractivity contribution in [2.24, 2.45) is 5.92 Å². The van der Waals surface area contributed by atoms with E-state index in [-0.39, 0.29) is 25.0 Å². The SMILES string of the molecule is CN(CC(=O)Nc1ccc(Cl)c(Cl)c1)C(=O)COC(=O)C1CCCCC1. The molecule has 0 unspecified atom stereocenters. The lowest BCUT2D eigenvalue weighted by atomic mass is 9.89. The van der Waals surface area contributed by atoms with Crippen LogP contribution in [0.1, 0.15) is 32.1 Å². The van der Waals surface area contributed by atoms with Gasteiger partial charge >= 0.3 is 5.97 Å². The van der Waals surface area contributed by atoms with Gasteiger partial charge in [0.05, 0.1) is 22.5 Å². The van der Waals surface area contributed by atoms with E-state index in [1.54, 1.807) is 12.1 Å². The lowest BCUT2D eigenvalue weighted by molar-refractivity contribution is -0.156. The summed E-state index contributed by atoms with van der Waals surface area (Å²) in [5, 5.41) is 3.34. The van der Waals surface area contributed by atoms with Gasteiger partial charge in [0.25, 0.3) is 5.91 Å². The van der Waals surface area contributed by atoms with Crippen LogP contribution in [0.4, 0.5) is 5.69 Å². The molecule has 0 aromatic heterocycles. The zero-order valence-electron chi connectivity index (χ0n) is 14.6. The van der Waals surface area contributed by atoms with Gasteiger partial charge in [0, 0.05) is 12.7 Å². The fraction of sp³-hybridized carbons (Fsp3) is 0.500. The molecule has 1 fully saturated rings. The largest absolute Gasteiger partial charge is 0.455 e. The molecule has 1 aliphatic rings. The first-order valence-electron chi connectivity index (χ1n) is 8.52. The fourth-order valence-electron chi connectivity index (χ4n) is 2.78. The summed E-state index contributed by atoms with van der Waals surface area (Å²) >= 11 is 11.7. The second kappa shape index (κ2) is 9.78. The number of nitrogens with zero attached hydrogens (tertiary/aromatic N) is 1. The second-order valence-corrected chi connectivity index (χ2v) is 7.18. The Morgan fingerprint density at radius 3 is 2.50 bits per heavy atom. The van der Waals surface area contributed by atoms with Crippen LogP contribution in [0, 0.1) is 5.92 Å². The molecule has 0 saturated heterocycles. The van der Waals surface area contributed by atoms with E-state index in [0.29, 0.717) is 15.7 Å². The Labute approximate surface area is 162 Å². The topological polar surface area (TPSA) is 75.7 Å². The van der Waals surface area contributed by atoms with Gasteiger partial charge in [0.1, 0.15) is 0 Å². The highest BCUT2D eigenvalue weighted by Crippen LogP contribution is 2.25. The van der Waals surface area contributed by atoms with Crippen LogP contribution in [0.3, 0.4) is 0 Å². The van der Waals surface area contributed by atoms with E-state index in [9.17, 15) is 14.4 Å². The maximum Gasteiger partial charge on any atom is 0.309 e. The van der Waals surface area contributed by atoms with Gasteiger partial charge in [-0.15, -0.1) is 0 Å². The van der Waals surface area contributed by atoms with E-state index in [1.807, 2.05) is 0 Å². The molecule has 2 amide bonds. The van der Waals surface area contributed by atoms with E-state index in [0.717, 1.165) is 32.1 Å². The monoisotopic (exact) mass is 400 g/mol. The third-order valence-corrected chi connectivity index (χ3v) is 5.03. The molecule has 0 radical (unpaired) electrons. The molecule has 0 aliphatic heterocycles. The summed E-state index contributed by atoms with van der Waals surface area (Å²) in [5.74, 6) is -1.26. The number of anilines is 1. The highest BCUT2D eigenvalue weighted by molar-refractivity contribution is 6.42. The molecule has 8 heteroatoms. The summed E-state index contributed by atoms with van der Waals surface area (Å²) in [6.07, 6.45) is 4.80. The molecule has 0 bridgehead atoms. The molecular formula is C18H22Cl2N2O4. The number of likely N-dealkylation sites (N-methyl/N-ethyl adjacent to an activating group) is 1. The summed E-state index contributed by atoms with van der Waals surface area (Å²) in [7, 11) is 1.48. The molecule has 26 heavy (non-hydrogen) atoms. The van der Waals surface area contributed by atoms with Crippen LogP contribution in [0.2, 0.25) is 10.0 Å². The Bertz CT molecular complexity index is 675. The number of ether oxygens (including phenoxy) is 1. The highest BCUT2D eigenvalue weighted by Gasteiger charge is 2.24. The Morgan fingerprint density at radius 1 is 1.15 bits per heavy atom. The second-order valence-electron chi connectivity index (χ2n) is 6.37. The van der Waals surface area contributed by atoms with Gasteiger partial charge in [-0.1, -0.05) is 42.5 Å². The number of benzene rings is 1. The predicted octanol–water partition coefficient (Wildman–Crippen LogP) is 3.51. The molecule has 0 spiro atoms. The zero-order valence-corrected chi connectivity index (χ0v) is 16.1. The standard InChI is InChI=1S/C18H22Cl2N2O4/c1-22(10-16(23)21-13-7-8-14(19)15(20)9-13)17(24)11-26-18(25)12-5-3-2-4-6-12/h7-9,12H,2-6,10-11H2,1H3,(H,21,23). The molecule has 142 valence electrons. The van der Waals surface area contributed by atoms with Crippen LogP contribution in [-0.2, 0) is 19.1 Å². The smallest absolute Gasteiger partial charge is 0.309 e. The van der Waals surface area contributed by atoms with Gasteiger partial charge in [0.2, 0.25) is 5.91 Å². The number of halogens is 2. The van der Waals surface area contributed by atoms with E-state index in [1.165, 1.54) is 18.0 Å². The molecule has 1 aromatic rings. The van der Waals surface area contributed by atoms with Crippen LogP contribution in [0.25, 0.3) is 0 Å².